The van der Waals surface area contributed by atoms with E-state index in [9.17, 15) is 0 Å². The van der Waals surface area contributed by atoms with Gasteiger partial charge >= 0.3 is 0 Å². The molecule has 1 heterocycles. The molecule has 0 fully saturated rings. The van der Waals surface area contributed by atoms with Gasteiger partial charge in [-0.05, 0) is 49.6 Å². The summed E-state index contributed by atoms with van der Waals surface area (Å²) in [7, 11) is 0. The second-order valence-corrected chi connectivity index (χ2v) is 6.14. The maximum absolute atomic E-state index is 5.79. The van der Waals surface area contributed by atoms with Crippen molar-refractivity contribution in [3.63, 3.8) is 0 Å². The van der Waals surface area contributed by atoms with Gasteiger partial charge in [0, 0.05) is 24.7 Å². The monoisotopic (exact) mass is 280 g/mol. The standard InChI is InChI=1S/C19H24N2/c1-14-7-8-16(15(2)11-14)12-21-13-17(9-10-20)18-5-3-4-6-19(18)21/h3-8,11,17H,9-10,12-13,20H2,1-2H3. The summed E-state index contributed by atoms with van der Waals surface area (Å²) < 4.78 is 0. The van der Waals surface area contributed by atoms with Crippen LogP contribution >= 0.6 is 0 Å². The van der Waals surface area contributed by atoms with Crippen molar-refractivity contribution in [2.24, 2.45) is 5.73 Å². The molecule has 0 saturated carbocycles. The minimum absolute atomic E-state index is 0.581. The maximum atomic E-state index is 5.79. The second kappa shape index (κ2) is 5.90. The van der Waals surface area contributed by atoms with Crippen molar-refractivity contribution in [3.8, 4) is 0 Å². The topological polar surface area (TPSA) is 29.3 Å². The van der Waals surface area contributed by atoms with Crippen molar-refractivity contribution < 1.29 is 0 Å². The average molecular weight is 280 g/mol. The van der Waals surface area contributed by atoms with Gasteiger partial charge in [-0.2, -0.15) is 0 Å². The zero-order valence-electron chi connectivity index (χ0n) is 13.0. The van der Waals surface area contributed by atoms with Gasteiger partial charge in [-0.3, -0.25) is 0 Å². The van der Waals surface area contributed by atoms with E-state index in [2.05, 4.69) is 61.2 Å². The molecule has 2 N–H and O–H groups in total. The number of benzene rings is 2. The van der Waals surface area contributed by atoms with Crippen LogP contribution in [-0.2, 0) is 6.54 Å². The maximum Gasteiger partial charge on any atom is 0.0432 e. The molecule has 2 heteroatoms. The largest absolute Gasteiger partial charge is 0.366 e. The van der Waals surface area contributed by atoms with Gasteiger partial charge in [-0.25, -0.2) is 0 Å². The first kappa shape index (κ1) is 14.2. The fourth-order valence-electron chi connectivity index (χ4n) is 3.41. The molecule has 0 aliphatic carbocycles. The Bertz CT molecular complexity index is 633. The average Bonchev–Trinajstić information content (AvgIpc) is 2.81. The molecule has 2 aromatic rings. The van der Waals surface area contributed by atoms with Crippen LogP contribution < -0.4 is 10.6 Å². The van der Waals surface area contributed by atoms with Crippen molar-refractivity contribution in [2.75, 3.05) is 18.0 Å². The highest BCUT2D eigenvalue weighted by Crippen LogP contribution is 2.38. The van der Waals surface area contributed by atoms with Crippen molar-refractivity contribution in [2.45, 2.75) is 32.7 Å². The van der Waals surface area contributed by atoms with E-state index >= 15 is 0 Å². The fourth-order valence-corrected chi connectivity index (χ4v) is 3.41. The normalized spacial score (nSPS) is 17.1. The zero-order chi connectivity index (χ0) is 14.8. The molecule has 0 aromatic heterocycles. The number of hydrogen-bond donors (Lipinski definition) is 1. The van der Waals surface area contributed by atoms with E-state index in [0.717, 1.165) is 26.1 Å². The molecule has 1 atom stereocenters. The lowest BCUT2D eigenvalue weighted by atomic mass is 9.98. The van der Waals surface area contributed by atoms with E-state index in [-0.39, 0.29) is 0 Å². The van der Waals surface area contributed by atoms with Gasteiger partial charge in [0.05, 0.1) is 0 Å². The Kier molecular flexibility index (Phi) is 3.98. The van der Waals surface area contributed by atoms with Crippen LogP contribution in [0.3, 0.4) is 0 Å². The summed E-state index contributed by atoms with van der Waals surface area (Å²) in [5.74, 6) is 0.581. The molecule has 1 unspecified atom stereocenters. The van der Waals surface area contributed by atoms with Crippen molar-refractivity contribution in [1.29, 1.82) is 0 Å². The summed E-state index contributed by atoms with van der Waals surface area (Å²) in [5, 5.41) is 0. The van der Waals surface area contributed by atoms with Crippen LogP contribution in [0.15, 0.2) is 42.5 Å². The quantitative estimate of drug-likeness (QED) is 0.924. The lowest BCUT2D eigenvalue weighted by Gasteiger charge is -2.21. The lowest BCUT2D eigenvalue weighted by molar-refractivity contribution is 0.643. The lowest BCUT2D eigenvalue weighted by Crippen LogP contribution is -2.22. The molecule has 110 valence electrons. The highest BCUT2D eigenvalue weighted by Gasteiger charge is 2.27. The molecule has 0 amide bonds. The number of para-hydroxylation sites is 1. The molecular weight excluding hydrogens is 256 g/mol. The second-order valence-electron chi connectivity index (χ2n) is 6.14. The van der Waals surface area contributed by atoms with Gasteiger partial charge in [-0.15, -0.1) is 0 Å². The van der Waals surface area contributed by atoms with E-state index < -0.39 is 0 Å². The summed E-state index contributed by atoms with van der Waals surface area (Å²) in [5.41, 5.74) is 12.8. The highest BCUT2D eigenvalue weighted by molar-refractivity contribution is 5.60. The number of aryl methyl sites for hydroxylation is 2. The number of nitrogens with zero attached hydrogens (tertiary/aromatic N) is 1. The summed E-state index contributed by atoms with van der Waals surface area (Å²) >= 11 is 0. The summed E-state index contributed by atoms with van der Waals surface area (Å²) in [4.78, 5) is 2.51. The van der Waals surface area contributed by atoms with Gasteiger partial charge < -0.3 is 10.6 Å². The zero-order valence-corrected chi connectivity index (χ0v) is 13.0. The number of rotatable bonds is 4. The highest BCUT2D eigenvalue weighted by atomic mass is 15.2. The first-order chi connectivity index (χ1) is 10.2. The van der Waals surface area contributed by atoms with Crippen LogP contribution in [0.1, 0.15) is 34.6 Å². The molecule has 2 aromatic carbocycles. The number of hydrogen-bond acceptors (Lipinski definition) is 2. The summed E-state index contributed by atoms with van der Waals surface area (Å²) in [6.07, 6.45) is 1.07. The van der Waals surface area contributed by atoms with Gasteiger partial charge in [0.1, 0.15) is 0 Å². The Morgan fingerprint density at radius 2 is 1.95 bits per heavy atom. The molecule has 0 bridgehead atoms. The first-order valence-electron chi connectivity index (χ1n) is 7.79. The van der Waals surface area contributed by atoms with Gasteiger partial charge in [-0.1, -0.05) is 42.0 Å². The third-order valence-electron chi connectivity index (χ3n) is 4.53. The van der Waals surface area contributed by atoms with Gasteiger partial charge in [0.2, 0.25) is 0 Å². The van der Waals surface area contributed by atoms with Crippen molar-refractivity contribution in [1.82, 2.24) is 0 Å². The van der Waals surface area contributed by atoms with Crippen LogP contribution in [0.2, 0.25) is 0 Å². The third kappa shape index (κ3) is 2.81. The summed E-state index contributed by atoms with van der Waals surface area (Å²) in [6, 6.07) is 15.5. The number of anilines is 1. The molecule has 0 radical (unpaired) electrons. The smallest absolute Gasteiger partial charge is 0.0432 e. The Morgan fingerprint density at radius 1 is 1.14 bits per heavy atom. The Labute approximate surface area is 127 Å². The van der Waals surface area contributed by atoms with Crippen LogP contribution in [0.5, 0.6) is 0 Å². The van der Waals surface area contributed by atoms with Gasteiger partial charge in [0.25, 0.3) is 0 Å². The molecule has 21 heavy (non-hydrogen) atoms. The van der Waals surface area contributed by atoms with Gasteiger partial charge in [0.15, 0.2) is 0 Å². The predicted octanol–water partition coefficient (Wildman–Crippen LogP) is 3.76. The molecule has 1 aliphatic heterocycles. The summed E-state index contributed by atoms with van der Waals surface area (Å²) in [6.45, 7) is 7.20. The molecule has 1 aliphatic rings. The fraction of sp³-hybridized carbons (Fsp3) is 0.368. The molecular formula is C19H24N2. The van der Waals surface area contributed by atoms with E-state index in [1.54, 1.807) is 0 Å². The number of fused-ring (bicyclic) bond motifs is 1. The third-order valence-corrected chi connectivity index (χ3v) is 4.53. The van der Waals surface area contributed by atoms with Crippen molar-refractivity contribution in [3.05, 3.63) is 64.7 Å². The SMILES string of the molecule is Cc1ccc(CN2CC(CCN)c3ccccc32)c(C)c1. The van der Waals surface area contributed by atoms with Crippen LogP contribution in [-0.4, -0.2) is 13.1 Å². The number of nitrogens with two attached hydrogens (primary N) is 1. The molecule has 0 spiro atoms. The molecule has 0 saturated heterocycles. The van der Waals surface area contributed by atoms with E-state index in [4.69, 9.17) is 5.73 Å². The predicted molar refractivity (Wildman–Crippen MR) is 89.8 cm³/mol. The van der Waals surface area contributed by atoms with Crippen LogP contribution in [0.25, 0.3) is 0 Å². The minimum atomic E-state index is 0.581. The first-order valence-corrected chi connectivity index (χ1v) is 7.79. The van der Waals surface area contributed by atoms with Crippen LogP contribution in [0.4, 0.5) is 5.69 Å². The molecule has 3 rings (SSSR count). The van der Waals surface area contributed by atoms with E-state index in [1.807, 2.05) is 0 Å². The Morgan fingerprint density at radius 3 is 2.71 bits per heavy atom. The van der Waals surface area contributed by atoms with E-state index in [0.29, 0.717) is 5.92 Å². The van der Waals surface area contributed by atoms with Crippen molar-refractivity contribution >= 4 is 5.69 Å². The van der Waals surface area contributed by atoms with E-state index in [1.165, 1.54) is 27.9 Å². The Balaban J connectivity index is 1.86. The molecule has 2 nitrogen and oxygen atoms in total. The van der Waals surface area contributed by atoms with Crippen LogP contribution in [0, 0.1) is 13.8 Å². The minimum Gasteiger partial charge on any atom is -0.366 e. The Hall–Kier alpha value is -1.80.